The lowest BCUT2D eigenvalue weighted by molar-refractivity contribution is 0.00301. The monoisotopic (exact) mass is 304 g/mol. The molecule has 1 fully saturated rings. The van der Waals surface area contributed by atoms with E-state index in [1.807, 2.05) is 43.9 Å². The fraction of sp³-hybridized carbons (Fsp3) is 0.611. The molecule has 0 aromatic heterocycles. The highest BCUT2D eigenvalue weighted by Crippen LogP contribution is 2.31. The van der Waals surface area contributed by atoms with Crippen molar-refractivity contribution < 1.29 is 9.53 Å². The Balaban J connectivity index is 2.24. The Hall–Kier alpha value is -1.55. The summed E-state index contributed by atoms with van der Waals surface area (Å²) in [4.78, 5) is 14.5. The molecule has 1 aromatic carbocycles. The maximum absolute atomic E-state index is 12.6. The van der Waals surface area contributed by atoms with Crippen LogP contribution in [0.3, 0.4) is 0 Å². The minimum Gasteiger partial charge on any atom is -0.444 e. The number of carbonyl (C=O) groups is 1. The second kappa shape index (κ2) is 6.29. The Labute approximate surface area is 133 Å². The molecule has 0 spiro atoms. The number of rotatable bonds is 2. The van der Waals surface area contributed by atoms with Crippen LogP contribution in [0.1, 0.15) is 40.2 Å². The summed E-state index contributed by atoms with van der Waals surface area (Å²) in [6, 6.07) is 10.4. The van der Waals surface area contributed by atoms with Crippen molar-refractivity contribution >= 4 is 6.09 Å². The summed E-state index contributed by atoms with van der Waals surface area (Å²) in [5.41, 5.74) is 0.617. The molecule has 0 saturated carbocycles. The third kappa shape index (κ3) is 3.80. The Morgan fingerprint density at radius 2 is 1.82 bits per heavy atom. The van der Waals surface area contributed by atoms with Gasteiger partial charge in [0.1, 0.15) is 5.60 Å². The van der Waals surface area contributed by atoms with Gasteiger partial charge in [-0.15, -0.1) is 0 Å². The fourth-order valence-corrected chi connectivity index (χ4v) is 2.95. The number of ether oxygens (including phenoxy) is 1. The maximum Gasteiger partial charge on any atom is 0.410 e. The largest absolute Gasteiger partial charge is 0.444 e. The maximum atomic E-state index is 12.6. The first-order chi connectivity index (χ1) is 10.2. The lowest BCUT2D eigenvalue weighted by Gasteiger charge is -2.45. The summed E-state index contributed by atoms with van der Waals surface area (Å²) in [5.74, 6) is 0. The van der Waals surface area contributed by atoms with Crippen LogP contribution in [0.15, 0.2) is 30.3 Å². The van der Waals surface area contributed by atoms with E-state index in [9.17, 15) is 4.79 Å². The lowest BCUT2D eigenvalue weighted by Crippen LogP contribution is -2.61. The van der Waals surface area contributed by atoms with E-state index in [0.717, 1.165) is 13.1 Å². The van der Waals surface area contributed by atoms with Crippen molar-refractivity contribution in [3.63, 3.8) is 0 Å². The van der Waals surface area contributed by atoms with Crippen LogP contribution in [-0.2, 0) is 10.2 Å². The van der Waals surface area contributed by atoms with Gasteiger partial charge in [-0.05, 0) is 26.3 Å². The molecule has 4 nitrogen and oxygen atoms in total. The molecule has 0 aliphatic carbocycles. The van der Waals surface area contributed by atoms with E-state index in [0.29, 0.717) is 6.54 Å². The second-order valence-corrected chi connectivity index (χ2v) is 7.48. The van der Waals surface area contributed by atoms with Crippen molar-refractivity contribution in [1.29, 1.82) is 0 Å². The zero-order chi connectivity index (χ0) is 16.4. The van der Waals surface area contributed by atoms with E-state index < -0.39 is 5.60 Å². The first-order valence-electron chi connectivity index (χ1n) is 7.98. The van der Waals surface area contributed by atoms with Gasteiger partial charge in [-0.3, -0.25) is 0 Å². The Morgan fingerprint density at radius 1 is 1.18 bits per heavy atom. The molecule has 1 aliphatic rings. The first-order valence-corrected chi connectivity index (χ1v) is 7.98. The van der Waals surface area contributed by atoms with Gasteiger partial charge >= 0.3 is 6.09 Å². The van der Waals surface area contributed by atoms with Crippen LogP contribution in [0, 0.1) is 0 Å². The minimum atomic E-state index is -0.469. The zero-order valence-corrected chi connectivity index (χ0v) is 14.3. The molecule has 1 N–H and O–H groups in total. The SMILES string of the molecule is CC(C)(C)OC(=O)N1CCNCC1C(C)(C)c1ccccc1. The van der Waals surface area contributed by atoms with Gasteiger partial charge in [0.25, 0.3) is 0 Å². The molecule has 1 saturated heterocycles. The van der Waals surface area contributed by atoms with Crippen molar-refractivity contribution in [3.05, 3.63) is 35.9 Å². The van der Waals surface area contributed by atoms with E-state index in [-0.39, 0.29) is 17.6 Å². The fourth-order valence-electron chi connectivity index (χ4n) is 2.95. The number of amides is 1. The van der Waals surface area contributed by atoms with Crippen molar-refractivity contribution in [2.24, 2.45) is 0 Å². The molecule has 1 aliphatic heterocycles. The van der Waals surface area contributed by atoms with E-state index in [4.69, 9.17) is 4.74 Å². The standard InChI is InChI=1S/C18H28N2O2/c1-17(2,3)22-16(21)20-12-11-19-13-15(20)18(4,5)14-9-7-6-8-10-14/h6-10,15,19H,11-13H2,1-5H3. The Morgan fingerprint density at radius 3 is 2.41 bits per heavy atom. The lowest BCUT2D eigenvalue weighted by atomic mass is 9.76. The molecule has 1 aromatic rings. The van der Waals surface area contributed by atoms with Crippen LogP contribution in [0.5, 0.6) is 0 Å². The van der Waals surface area contributed by atoms with Gasteiger partial charge < -0.3 is 15.0 Å². The van der Waals surface area contributed by atoms with Gasteiger partial charge in [0.2, 0.25) is 0 Å². The van der Waals surface area contributed by atoms with Gasteiger partial charge in [-0.1, -0.05) is 44.2 Å². The summed E-state index contributed by atoms with van der Waals surface area (Å²) in [7, 11) is 0. The average molecular weight is 304 g/mol. The van der Waals surface area contributed by atoms with Crippen molar-refractivity contribution in [1.82, 2.24) is 10.2 Å². The van der Waals surface area contributed by atoms with E-state index in [1.54, 1.807) is 0 Å². The predicted octanol–water partition coefficient (Wildman–Crippen LogP) is 3.17. The number of nitrogens with one attached hydrogen (secondary N) is 1. The summed E-state index contributed by atoms with van der Waals surface area (Å²) in [5, 5.41) is 3.41. The summed E-state index contributed by atoms with van der Waals surface area (Å²) < 4.78 is 5.60. The van der Waals surface area contributed by atoms with Crippen molar-refractivity contribution in [2.45, 2.75) is 51.7 Å². The Kier molecular flexibility index (Phi) is 4.81. The minimum absolute atomic E-state index is 0.0681. The van der Waals surface area contributed by atoms with Gasteiger partial charge in [0.15, 0.2) is 0 Å². The zero-order valence-electron chi connectivity index (χ0n) is 14.3. The van der Waals surface area contributed by atoms with Gasteiger partial charge in [-0.25, -0.2) is 4.79 Å². The molecule has 0 bridgehead atoms. The molecular weight excluding hydrogens is 276 g/mol. The number of hydrogen-bond donors (Lipinski definition) is 1. The Bertz CT molecular complexity index is 506. The predicted molar refractivity (Wildman–Crippen MR) is 89.1 cm³/mol. The molecule has 1 atom stereocenters. The summed E-state index contributed by atoms with van der Waals surface area (Å²) in [6.07, 6.45) is -0.219. The third-order valence-electron chi connectivity index (χ3n) is 4.22. The van der Waals surface area contributed by atoms with E-state index in [2.05, 4.69) is 31.3 Å². The van der Waals surface area contributed by atoms with Crippen LogP contribution in [0.4, 0.5) is 4.79 Å². The van der Waals surface area contributed by atoms with Crippen LogP contribution < -0.4 is 5.32 Å². The number of benzene rings is 1. The van der Waals surface area contributed by atoms with Gasteiger partial charge in [0, 0.05) is 25.0 Å². The molecular formula is C18H28N2O2. The second-order valence-electron chi connectivity index (χ2n) is 7.48. The third-order valence-corrected chi connectivity index (χ3v) is 4.22. The smallest absolute Gasteiger partial charge is 0.410 e. The van der Waals surface area contributed by atoms with E-state index >= 15 is 0 Å². The number of piperazine rings is 1. The highest BCUT2D eigenvalue weighted by Gasteiger charge is 2.40. The number of carbonyl (C=O) groups excluding carboxylic acids is 1. The quantitative estimate of drug-likeness (QED) is 0.912. The van der Waals surface area contributed by atoms with Crippen LogP contribution in [-0.4, -0.2) is 42.3 Å². The number of hydrogen-bond acceptors (Lipinski definition) is 3. The summed E-state index contributed by atoms with van der Waals surface area (Å²) in [6.45, 7) is 12.4. The van der Waals surface area contributed by atoms with Gasteiger partial charge in [0.05, 0.1) is 6.04 Å². The van der Waals surface area contributed by atoms with Crippen molar-refractivity contribution in [3.8, 4) is 0 Å². The van der Waals surface area contributed by atoms with Crippen LogP contribution >= 0.6 is 0 Å². The molecule has 1 heterocycles. The molecule has 4 heteroatoms. The molecule has 1 unspecified atom stereocenters. The molecule has 1 amide bonds. The highest BCUT2D eigenvalue weighted by molar-refractivity contribution is 5.69. The van der Waals surface area contributed by atoms with Crippen LogP contribution in [0.2, 0.25) is 0 Å². The molecule has 0 radical (unpaired) electrons. The molecule has 22 heavy (non-hydrogen) atoms. The van der Waals surface area contributed by atoms with Crippen molar-refractivity contribution in [2.75, 3.05) is 19.6 Å². The summed E-state index contributed by atoms with van der Waals surface area (Å²) >= 11 is 0. The normalized spacial score (nSPS) is 19.9. The van der Waals surface area contributed by atoms with Gasteiger partial charge in [-0.2, -0.15) is 0 Å². The molecule has 122 valence electrons. The topological polar surface area (TPSA) is 41.6 Å². The highest BCUT2D eigenvalue weighted by atomic mass is 16.6. The molecule has 2 rings (SSSR count). The van der Waals surface area contributed by atoms with E-state index in [1.165, 1.54) is 5.56 Å². The van der Waals surface area contributed by atoms with Crippen LogP contribution in [0.25, 0.3) is 0 Å². The average Bonchev–Trinajstić information content (AvgIpc) is 2.46. The first kappa shape index (κ1) is 16.8. The number of nitrogens with zero attached hydrogens (tertiary/aromatic N) is 1.